The number of hydrogen-bond acceptors (Lipinski definition) is 3. The van der Waals surface area contributed by atoms with Gasteiger partial charge in [-0.1, -0.05) is 13.0 Å². The standard InChI is InChI=1S/C12H18FNO3S/c1-3-10(7-8-15)14-18(16,17)12-6-4-5-11(13)9(12)2/h4-6,10,14-15H,3,7-8H2,1-2H3. The summed E-state index contributed by atoms with van der Waals surface area (Å²) >= 11 is 0. The zero-order valence-electron chi connectivity index (χ0n) is 10.5. The third-order valence-electron chi connectivity index (χ3n) is 2.80. The molecule has 0 saturated heterocycles. The van der Waals surface area contributed by atoms with Gasteiger partial charge in [-0.25, -0.2) is 17.5 Å². The van der Waals surface area contributed by atoms with E-state index in [-0.39, 0.29) is 23.1 Å². The molecule has 0 heterocycles. The van der Waals surface area contributed by atoms with E-state index in [1.54, 1.807) is 0 Å². The summed E-state index contributed by atoms with van der Waals surface area (Å²) in [6, 6.07) is 3.61. The fourth-order valence-electron chi connectivity index (χ4n) is 1.66. The van der Waals surface area contributed by atoms with Gasteiger partial charge in [0.1, 0.15) is 5.82 Å². The van der Waals surface area contributed by atoms with Crippen LogP contribution in [0.2, 0.25) is 0 Å². The summed E-state index contributed by atoms with van der Waals surface area (Å²) in [6.45, 7) is 3.15. The first-order valence-electron chi connectivity index (χ1n) is 5.80. The minimum absolute atomic E-state index is 0.0566. The average molecular weight is 275 g/mol. The van der Waals surface area contributed by atoms with E-state index >= 15 is 0 Å². The van der Waals surface area contributed by atoms with Crippen molar-refractivity contribution in [1.29, 1.82) is 0 Å². The first-order valence-corrected chi connectivity index (χ1v) is 7.29. The molecule has 1 aromatic carbocycles. The van der Waals surface area contributed by atoms with Crippen LogP contribution in [0.15, 0.2) is 23.1 Å². The maximum atomic E-state index is 13.3. The first kappa shape index (κ1) is 15.1. The lowest BCUT2D eigenvalue weighted by atomic mass is 10.2. The van der Waals surface area contributed by atoms with E-state index in [0.717, 1.165) is 0 Å². The van der Waals surface area contributed by atoms with Crippen LogP contribution in [-0.2, 0) is 10.0 Å². The van der Waals surface area contributed by atoms with Crippen LogP contribution in [0.25, 0.3) is 0 Å². The largest absolute Gasteiger partial charge is 0.396 e. The molecule has 0 aliphatic carbocycles. The third kappa shape index (κ3) is 3.51. The number of hydrogen-bond donors (Lipinski definition) is 2. The van der Waals surface area contributed by atoms with Crippen LogP contribution >= 0.6 is 0 Å². The normalized spacial score (nSPS) is 13.6. The molecule has 0 bridgehead atoms. The minimum atomic E-state index is -3.75. The van der Waals surface area contributed by atoms with Crippen molar-refractivity contribution in [2.75, 3.05) is 6.61 Å². The predicted octanol–water partition coefficient (Wildman–Crippen LogP) is 1.57. The highest BCUT2D eigenvalue weighted by molar-refractivity contribution is 7.89. The molecule has 18 heavy (non-hydrogen) atoms. The Hall–Kier alpha value is -0.980. The van der Waals surface area contributed by atoms with Crippen molar-refractivity contribution >= 4 is 10.0 Å². The number of aliphatic hydroxyl groups is 1. The summed E-state index contributed by atoms with van der Waals surface area (Å²) in [6.07, 6.45) is 0.901. The molecule has 0 amide bonds. The first-order chi connectivity index (χ1) is 8.42. The number of benzene rings is 1. The van der Waals surface area contributed by atoms with Crippen molar-refractivity contribution in [3.8, 4) is 0 Å². The Balaban J connectivity index is 3.03. The molecule has 1 rings (SSSR count). The van der Waals surface area contributed by atoms with Gasteiger partial charge in [0.05, 0.1) is 4.90 Å². The van der Waals surface area contributed by atoms with Gasteiger partial charge < -0.3 is 5.11 Å². The molecule has 1 unspecified atom stereocenters. The lowest BCUT2D eigenvalue weighted by Gasteiger charge is -2.17. The monoisotopic (exact) mass is 275 g/mol. The van der Waals surface area contributed by atoms with Crippen LogP contribution in [0.1, 0.15) is 25.3 Å². The lowest BCUT2D eigenvalue weighted by molar-refractivity contribution is 0.270. The summed E-state index contributed by atoms with van der Waals surface area (Å²) in [5.41, 5.74) is 0.101. The van der Waals surface area contributed by atoms with Crippen LogP contribution in [0.5, 0.6) is 0 Å². The van der Waals surface area contributed by atoms with Gasteiger partial charge in [0.25, 0.3) is 0 Å². The van der Waals surface area contributed by atoms with Gasteiger partial charge in [0, 0.05) is 18.2 Å². The van der Waals surface area contributed by atoms with Crippen LogP contribution in [0.4, 0.5) is 4.39 Å². The second-order valence-electron chi connectivity index (χ2n) is 4.10. The molecule has 0 aliphatic rings. The van der Waals surface area contributed by atoms with E-state index < -0.39 is 15.8 Å². The molecule has 0 aromatic heterocycles. The molecule has 0 aliphatic heterocycles. The van der Waals surface area contributed by atoms with Crippen LogP contribution in [0.3, 0.4) is 0 Å². The van der Waals surface area contributed by atoms with Crippen molar-refractivity contribution < 1.29 is 17.9 Å². The van der Waals surface area contributed by atoms with Gasteiger partial charge >= 0.3 is 0 Å². The van der Waals surface area contributed by atoms with Crippen molar-refractivity contribution in [3.63, 3.8) is 0 Å². The summed E-state index contributed by atoms with van der Waals surface area (Å²) in [7, 11) is -3.75. The molecule has 4 nitrogen and oxygen atoms in total. The van der Waals surface area contributed by atoms with Gasteiger partial charge in [-0.05, 0) is 31.9 Å². The van der Waals surface area contributed by atoms with E-state index in [0.29, 0.717) is 12.8 Å². The van der Waals surface area contributed by atoms with Gasteiger partial charge in [0.15, 0.2) is 0 Å². The second kappa shape index (κ2) is 6.26. The fourth-order valence-corrected chi connectivity index (χ4v) is 3.27. The van der Waals surface area contributed by atoms with Crippen LogP contribution in [-0.4, -0.2) is 26.2 Å². The zero-order valence-corrected chi connectivity index (χ0v) is 11.3. The third-order valence-corrected chi connectivity index (χ3v) is 4.46. The van der Waals surface area contributed by atoms with E-state index in [1.807, 2.05) is 6.92 Å². The smallest absolute Gasteiger partial charge is 0.241 e. The van der Waals surface area contributed by atoms with Crippen molar-refractivity contribution in [2.45, 2.75) is 37.6 Å². The number of nitrogens with one attached hydrogen (secondary N) is 1. The Bertz CT molecular complexity index is 502. The SMILES string of the molecule is CCC(CCO)NS(=O)(=O)c1cccc(F)c1C. The van der Waals surface area contributed by atoms with Gasteiger partial charge in [0.2, 0.25) is 10.0 Å². The average Bonchev–Trinajstić information content (AvgIpc) is 2.31. The molecule has 2 N–H and O–H groups in total. The van der Waals surface area contributed by atoms with Gasteiger partial charge in [-0.2, -0.15) is 0 Å². The molecule has 0 spiro atoms. The summed E-state index contributed by atoms with van der Waals surface area (Å²) < 4.78 is 40.0. The van der Waals surface area contributed by atoms with Gasteiger partial charge in [-0.15, -0.1) is 0 Å². The summed E-state index contributed by atoms with van der Waals surface area (Å²) in [4.78, 5) is -0.0566. The van der Waals surface area contributed by atoms with E-state index in [2.05, 4.69) is 4.72 Å². The Morgan fingerprint density at radius 1 is 1.44 bits per heavy atom. The molecule has 0 radical (unpaired) electrons. The number of halogens is 1. The molecule has 1 atom stereocenters. The Morgan fingerprint density at radius 3 is 2.67 bits per heavy atom. The maximum Gasteiger partial charge on any atom is 0.241 e. The van der Waals surface area contributed by atoms with Gasteiger partial charge in [-0.3, -0.25) is 0 Å². The number of aliphatic hydroxyl groups excluding tert-OH is 1. The Labute approximate surface area is 107 Å². The van der Waals surface area contributed by atoms with Crippen molar-refractivity contribution in [2.24, 2.45) is 0 Å². The molecule has 1 aromatic rings. The topological polar surface area (TPSA) is 66.4 Å². The van der Waals surface area contributed by atoms with E-state index in [9.17, 15) is 12.8 Å². The highest BCUT2D eigenvalue weighted by Crippen LogP contribution is 2.18. The molecular formula is C12H18FNO3S. The molecule has 0 fully saturated rings. The summed E-state index contributed by atoms with van der Waals surface area (Å²) in [5.74, 6) is -0.548. The summed E-state index contributed by atoms with van der Waals surface area (Å²) in [5, 5.41) is 8.84. The van der Waals surface area contributed by atoms with Crippen LogP contribution in [0, 0.1) is 12.7 Å². The van der Waals surface area contributed by atoms with Crippen molar-refractivity contribution in [3.05, 3.63) is 29.6 Å². The number of rotatable bonds is 6. The Morgan fingerprint density at radius 2 is 2.11 bits per heavy atom. The van der Waals surface area contributed by atoms with E-state index in [1.165, 1.54) is 25.1 Å². The molecule has 0 saturated carbocycles. The second-order valence-corrected chi connectivity index (χ2v) is 5.78. The molecular weight excluding hydrogens is 257 g/mol. The minimum Gasteiger partial charge on any atom is -0.396 e. The quantitative estimate of drug-likeness (QED) is 0.828. The predicted molar refractivity (Wildman–Crippen MR) is 67.2 cm³/mol. The Kier molecular flexibility index (Phi) is 5.25. The van der Waals surface area contributed by atoms with Crippen LogP contribution < -0.4 is 4.72 Å². The maximum absolute atomic E-state index is 13.3. The fraction of sp³-hybridized carbons (Fsp3) is 0.500. The molecule has 102 valence electrons. The zero-order chi connectivity index (χ0) is 13.8. The number of sulfonamides is 1. The lowest BCUT2D eigenvalue weighted by Crippen LogP contribution is -2.35. The highest BCUT2D eigenvalue weighted by Gasteiger charge is 2.21. The van der Waals surface area contributed by atoms with E-state index in [4.69, 9.17) is 5.11 Å². The van der Waals surface area contributed by atoms with Crippen molar-refractivity contribution in [1.82, 2.24) is 4.72 Å². The highest BCUT2D eigenvalue weighted by atomic mass is 32.2. The molecule has 6 heteroatoms.